The maximum atomic E-state index is 6.90. The van der Waals surface area contributed by atoms with Crippen LogP contribution in [0.2, 0.25) is 0 Å². The van der Waals surface area contributed by atoms with Crippen molar-refractivity contribution in [1.82, 2.24) is 19.5 Å². The molecule has 0 radical (unpaired) electrons. The van der Waals surface area contributed by atoms with Crippen LogP contribution in [-0.2, 0) is 0 Å². The van der Waals surface area contributed by atoms with E-state index in [0.717, 1.165) is 72.0 Å². The second-order valence-corrected chi connectivity index (χ2v) is 14.0. The Morgan fingerprint density at radius 3 is 1.41 bits per heavy atom. The number of hydrogen-bond donors (Lipinski definition) is 0. The predicted molar refractivity (Wildman–Crippen MR) is 229 cm³/mol. The summed E-state index contributed by atoms with van der Waals surface area (Å²) in [5.74, 6) is 1.83. The first kappa shape index (κ1) is 31.9. The summed E-state index contributed by atoms with van der Waals surface area (Å²) in [7, 11) is 0. The molecule has 0 aliphatic carbocycles. The lowest BCUT2D eigenvalue weighted by Crippen LogP contribution is -2.00. The van der Waals surface area contributed by atoms with Gasteiger partial charge in [0.15, 0.2) is 17.5 Å². The molecule has 5 heteroatoms. The summed E-state index contributed by atoms with van der Waals surface area (Å²) in [6, 6.07) is 67.5. The van der Waals surface area contributed by atoms with Gasteiger partial charge < -0.3 is 8.98 Å². The highest BCUT2D eigenvalue weighted by atomic mass is 16.3. The Morgan fingerprint density at radius 2 is 0.804 bits per heavy atom. The van der Waals surface area contributed by atoms with Gasteiger partial charge in [-0.2, -0.15) is 0 Å². The van der Waals surface area contributed by atoms with Crippen molar-refractivity contribution in [2.24, 2.45) is 0 Å². The molecule has 0 aliphatic heterocycles. The van der Waals surface area contributed by atoms with E-state index >= 15 is 0 Å². The van der Waals surface area contributed by atoms with Crippen LogP contribution in [0.1, 0.15) is 0 Å². The van der Waals surface area contributed by atoms with Crippen molar-refractivity contribution in [1.29, 1.82) is 0 Å². The number of benzene rings is 8. The molecule has 56 heavy (non-hydrogen) atoms. The van der Waals surface area contributed by atoms with E-state index in [4.69, 9.17) is 19.4 Å². The summed E-state index contributed by atoms with van der Waals surface area (Å²) >= 11 is 0. The third-order valence-corrected chi connectivity index (χ3v) is 10.6. The SMILES string of the molecule is c1ccc(-c2cccc(-c3cc(-n4c5ccccc5c5ccccc54)c4c(c3)oc3cc(-c5nc(-c6ccccc6)nc(-c6ccccc6)n5)ccc34)c2)cc1. The van der Waals surface area contributed by atoms with Crippen molar-refractivity contribution in [2.75, 3.05) is 0 Å². The molecule has 0 unspecified atom stereocenters. The van der Waals surface area contributed by atoms with E-state index in [2.05, 4.69) is 138 Å². The summed E-state index contributed by atoms with van der Waals surface area (Å²) in [5.41, 5.74) is 12.2. The standard InChI is InChI=1S/C51H32N4O/c1-4-15-33(16-5-1)36-21-14-22-37(29-36)39-30-45(55-43-25-12-10-23-40(43)41-24-11-13-26-44(41)55)48-42-28-27-38(31-46(42)56-47(48)32-39)51-53-49(34-17-6-2-7-18-34)52-50(54-51)35-19-8-3-9-20-35/h1-32H. The van der Waals surface area contributed by atoms with Crippen LogP contribution in [0.25, 0.3) is 106 Å². The van der Waals surface area contributed by atoms with Gasteiger partial charge >= 0.3 is 0 Å². The molecule has 3 heterocycles. The fourth-order valence-corrected chi connectivity index (χ4v) is 7.99. The molecule has 0 saturated carbocycles. The van der Waals surface area contributed by atoms with Crippen LogP contribution in [0.4, 0.5) is 0 Å². The third kappa shape index (κ3) is 5.37. The van der Waals surface area contributed by atoms with Crippen molar-refractivity contribution < 1.29 is 4.42 Å². The van der Waals surface area contributed by atoms with E-state index in [9.17, 15) is 0 Å². The van der Waals surface area contributed by atoms with Gasteiger partial charge in [-0.3, -0.25) is 0 Å². The van der Waals surface area contributed by atoms with Gasteiger partial charge in [0.05, 0.1) is 22.1 Å². The highest BCUT2D eigenvalue weighted by Crippen LogP contribution is 2.42. The van der Waals surface area contributed by atoms with Crippen LogP contribution < -0.4 is 0 Å². The minimum atomic E-state index is 0.584. The first-order valence-corrected chi connectivity index (χ1v) is 18.8. The zero-order valence-electron chi connectivity index (χ0n) is 30.2. The van der Waals surface area contributed by atoms with Gasteiger partial charge in [0, 0.05) is 32.8 Å². The molecular weight excluding hydrogens is 685 g/mol. The molecule has 0 fully saturated rings. The normalized spacial score (nSPS) is 11.6. The quantitative estimate of drug-likeness (QED) is 0.172. The molecule has 0 aliphatic rings. The Labute approximate surface area is 322 Å². The second-order valence-electron chi connectivity index (χ2n) is 14.0. The van der Waals surface area contributed by atoms with Crippen LogP contribution in [0.5, 0.6) is 0 Å². The monoisotopic (exact) mass is 716 g/mol. The van der Waals surface area contributed by atoms with E-state index < -0.39 is 0 Å². The highest BCUT2D eigenvalue weighted by molar-refractivity contribution is 6.15. The van der Waals surface area contributed by atoms with E-state index in [1.54, 1.807) is 0 Å². The Morgan fingerprint density at radius 1 is 0.321 bits per heavy atom. The molecule has 0 bridgehead atoms. The van der Waals surface area contributed by atoms with Gasteiger partial charge in [0.2, 0.25) is 0 Å². The van der Waals surface area contributed by atoms with Crippen LogP contribution in [0, 0.1) is 0 Å². The summed E-state index contributed by atoms with van der Waals surface area (Å²) in [4.78, 5) is 14.9. The first-order valence-electron chi connectivity index (χ1n) is 18.8. The van der Waals surface area contributed by atoms with Crippen LogP contribution in [0.15, 0.2) is 199 Å². The number of aromatic nitrogens is 4. The van der Waals surface area contributed by atoms with Crippen LogP contribution >= 0.6 is 0 Å². The van der Waals surface area contributed by atoms with Gasteiger partial charge in [0.1, 0.15) is 11.2 Å². The van der Waals surface area contributed by atoms with E-state index in [0.29, 0.717) is 17.5 Å². The first-order chi connectivity index (χ1) is 27.7. The molecule has 0 spiro atoms. The largest absolute Gasteiger partial charge is 0.456 e. The lowest BCUT2D eigenvalue weighted by Gasteiger charge is -2.13. The van der Waals surface area contributed by atoms with Gasteiger partial charge in [-0.05, 0) is 64.7 Å². The van der Waals surface area contributed by atoms with E-state index in [-0.39, 0.29) is 0 Å². The fourth-order valence-electron chi connectivity index (χ4n) is 7.99. The molecule has 262 valence electrons. The minimum absolute atomic E-state index is 0.584. The summed E-state index contributed by atoms with van der Waals surface area (Å²) in [6.07, 6.45) is 0. The van der Waals surface area contributed by atoms with Crippen molar-refractivity contribution >= 4 is 43.7 Å². The Kier molecular flexibility index (Phi) is 7.42. The van der Waals surface area contributed by atoms with Gasteiger partial charge in [0.25, 0.3) is 0 Å². The molecule has 5 nitrogen and oxygen atoms in total. The van der Waals surface area contributed by atoms with Crippen molar-refractivity contribution in [3.63, 3.8) is 0 Å². The maximum Gasteiger partial charge on any atom is 0.164 e. The average molecular weight is 717 g/mol. The van der Waals surface area contributed by atoms with Crippen LogP contribution in [-0.4, -0.2) is 19.5 Å². The summed E-state index contributed by atoms with van der Waals surface area (Å²) < 4.78 is 9.29. The number of fused-ring (bicyclic) bond motifs is 6. The minimum Gasteiger partial charge on any atom is -0.456 e. The summed E-state index contributed by atoms with van der Waals surface area (Å²) in [5, 5.41) is 4.49. The number of hydrogen-bond acceptors (Lipinski definition) is 4. The molecule has 8 aromatic carbocycles. The lowest BCUT2D eigenvalue weighted by molar-refractivity contribution is 0.669. The zero-order chi connectivity index (χ0) is 37.0. The molecule has 3 aromatic heterocycles. The molecule has 0 amide bonds. The molecule has 0 atom stereocenters. The highest BCUT2D eigenvalue weighted by Gasteiger charge is 2.21. The Hall–Kier alpha value is -7.63. The van der Waals surface area contributed by atoms with Crippen molar-refractivity contribution in [3.05, 3.63) is 194 Å². The Balaban J connectivity index is 1.15. The van der Waals surface area contributed by atoms with Gasteiger partial charge in [-0.25, -0.2) is 15.0 Å². The number of para-hydroxylation sites is 2. The number of nitrogens with zero attached hydrogens (tertiary/aromatic N) is 4. The lowest BCUT2D eigenvalue weighted by atomic mass is 9.97. The summed E-state index contributed by atoms with van der Waals surface area (Å²) in [6.45, 7) is 0. The van der Waals surface area contributed by atoms with Gasteiger partial charge in [-0.1, -0.05) is 152 Å². The Bertz CT molecular complexity index is 3130. The van der Waals surface area contributed by atoms with Crippen molar-refractivity contribution in [3.8, 4) is 62.1 Å². The average Bonchev–Trinajstić information content (AvgIpc) is 3.82. The number of rotatable bonds is 6. The number of furan rings is 1. The molecule has 11 aromatic rings. The van der Waals surface area contributed by atoms with Gasteiger partial charge in [-0.15, -0.1) is 0 Å². The zero-order valence-corrected chi connectivity index (χ0v) is 30.2. The van der Waals surface area contributed by atoms with Crippen LogP contribution in [0.3, 0.4) is 0 Å². The van der Waals surface area contributed by atoms with E-state index in [1.807, 2.05) is 60.7 Å². The molecular formula is C51H32N4O. The maximum absolute atomic E-state index is 6.90. The second kappa shape index (κ2) is 13.0. The molecule has 0 N–H and O–H groups in total. The topological polar surface area (TPSA) is 56.7 Å². The van der Waals surface area contributed by atoms with E-state index in [1.165, 1.54) is 16.3 Å². The molecule has 0 saturated heterocycles. The third-order valence-electron chi connectivity index (χ3n) is 10.6. The van der Waals surface area contributed by atoms with Crippen molar-refractivity contribution in [2.45, 2.75) is 0 Å². The smallest absolute Gasteiger partial charge is 0.164 e. The fraction of sp³-hybridized carbons (Fsp3) is 0. The predicted octanol–water partition coefficient (Wildman–Crippen LogP) is 13.2. The molecule has 11 rings (SSSR count).